The molecule has 1 fully saturated rings. The van der Waals surface area contributed by atoms with E-state index in [1.54, 1.807) is 30.1 Å². The number of hydrogen-bond acceptors (Lipinski definition) is 4. The van der Waals surface area contributed by atoms with E-state index >= 15 is 0 Å². The van der Waals surface area contributed by atoms with Gasteiger partial charge in [0, 0.05) is 20.2 Å². The van der Waals surface area contributed by atoms with Gasteiger partial charge < -0.3 is 15.4 Å². The molecule has 5 nitrogen and oxygen atoms in total. The number of carbonyl (C=O) groups is 1. The van der Waals surface area contributed by atoms with Gasteiger partial charge in [-0.25, -0.2) is 4.98 Å². The zero-order valence-corrected chi connectivity index (χ0v) is 10.6. The zero-order chi connectivity index (χ0) is 13.0. The van der Waals surface area contributed by atoms with E-state index in [-0.39, 0.29) is 12.0 Å². The fourth-order valence-electron chi connectivity index (χ4n) is 2.11. The molecular formula is C13H19N3O2. The van der Waals surface area contributed by atoms with Crippen molar-refractivity contribution in [2.45, 2.75) is 25.4 Å². The number of nitrogens with two attached hydrogens (primary N) is 1. The van der Waals surface area contributed by atoms with Crippen LogP contribution in [-0.4, -0.2) is 42.1 Å². The van der Waals surface area contributed by atoms with Crippen LogP contribution in [0.1, 0.15) is 29.8 Å². The molecule has 1 saturated heterocycles. The lowest BCUT2D eigenvalue weighted by Gasteiger charge is -2.27. The van der Waals surface area contributed by atoms with E-state index in [0.717, 1.165) is 19.4 Å². The Labute approximate surface area is 107 Å². The molecule has 0 aliphatic carbocycles. The molecule has 1 aromatic rings. The summed E-state index contributed by atoms with van der Waals surface area (Å²) in [5, 5.41) is 0. The molecule has 98 valence electrons. The number of ether oxygens (including phenoxy) is 1. The van der Waals surface area contributed by atoms with Gasteiger partial charge in [-0.3, -0.25) is 4.79 Å². The number of pyridine rings is 1. The highest BCUT2D eigenvalue weighted by atomic mass is 16.5. The molecule has 1 amide bonds. The van der Waals surface area contributed by atoms with Gasteiger partial charge in [0.25, 0.3) is 5.91 Å². The minimum Gasteiger partial charge on any atom is -0.384 e. The first-order valence-electron chi connectivity index (χ1n) is 6.26. The summed E-state index contributed by atoms with van der Waals surface area (Å²) in [6, 6.07) is 5.08. The van der Waals surface area contributed by atoms with Crippen molar-refractivity contribution in [3.63, 3.8) is 0 Å². The maximum Gasteiger partial charge on any atom is 0.272 e. The van der Waals surface area contributed by atoms with Crippen LogP contribution in [0.5, 0.6) is 0 Å². The molecule has 1 aliphatic heterocycles. The predicted molar refractivity (Wildman–Crippen MR) is 69.2 cm³/mol. The number of nitrogens with zero attached hydrogens (tertiary/aromatic N) is 2. The van der Waals surface area contributed by atoms with Gasteiger partial charge in [-0.2, -0.15) is 0 Å². The third-order valence-electron chi connectivity index (χ3n) is 3.09. The number of aromatic nitrogens is 1. The lowest BCUT2D eigenvalue weighted by molar-refractivity contribution is -0.000286. The quantitative estimate of drug-likeness (QED) is 0.876. The Kier molecular flexibility index (Phi) is 4.15. The molecular weight excluding hydrogens is 230 g/mol. The molecule has 2 rings (SSSR count). The third-order valence-corrected chi connectivity index (χ3v) is 3.09. The fraction of sp³-hybridized carbons (Fsp3) is 0.538. The van der Waals surface area contributed by atoms with E-state index in [2.05, 4.69) is 4.98 Å². The molecule has 0 aromatic carbocycles. The molecule has 5 heteroatoms. The first-order chi connectivity index (χ1) is 8.66. The fourth-order valence-corrected chi connectivity index (χ4v) is 2.11. The zero-order valence-electron chi connectivity index (χ0n) is 10.6. The average molecular weight is 249 g/mol. The Morgan fingerprint density at radius 2 is 2.39 bits per heavy atom. The molecule has 0 spiro atoms. The number of hydrogen-bond donors (Lipinski definition) is 1. The molecule has 2 N–H and O–H groups in total. The summed E-state index contributed by atoms with van der Waals surface area (Å²) in [7, 11) is 1.77. The second-order valence-electron chi connectivity index (χ2n) is 4.62. The van der Waals surface area contributed by atoms with E-state index in [1.165, 1.54) is 6.42 Å². The van der Waals surface area contributed by atoms with Gasteiger partial charge in [-0.05, 0) is 31.4 Å². The number of carbonyl (C=O) groups excluding carboxylic acids is 1. The van der Waals surface area contributed by atoms with E-state index in [9.17, 15) is 4.79 Å². The summed E-state index contributed by atoms with van der Waals surface area (Å²) in [5.41, 5.74) is 5.96. The van der Waals surface area contributed by atoms with Gasteiger partial charge in [0.2, 0.25) is 0 Å². The van der Waals surface area contributed by atoms with Crippen LogP contribution in [0.15, 0.2) is 18.2 Å². The summed E-state index contributed by atoms with van der Waals surface area (Å²) >= 11 is 0. The molecule has 18 heavy (non-hydrogen) atoms. The molecule has 0 saturated carbocycles. The molecule has 1 atom stereocenters. The second-order valence-corrected chi connectivity index (χ2v) is 4.62. The maximum atomic E-state index is 12.1. The Morgan fingerprint density at radius 1 is 1.56 bits per heavy atom. The van der Waals surface area contributed by atoms with Gasteiger partial charge in [-0.15, -0.1) is 0 Å². The van der Waals surface area contributed by atoms with Crippen LogP contribution in [0.3, 0.4) is 0 Å². The van der Waals surface area contributed by atoms with E-state index in [4.69, 9.17) is 10.5 Å². The van der Waals surface area contributed by atoms with Crippen molar-refractivity contribution in [3.8, 4) is 0 Å². The second kappa shape index (κ2) is 5.82. The van der Waals surface area contributed by atoms with Crippen molar-refractivity contribution in [1.82, 2.24) is 9.88 Å². The van der Waals surface area contributed by atoms with Crippen molar-refractivity contribution in [2.24, 2.45) is 0 Å². The van der Waals surface area contributed by atoms with Gasteiger partial charge in [0.1, 0.15) is 11.5 Å². The first-order valence-corrected chi connectivity index (χ1v) is 6.26. The maximum absolute atomic E-state index is 12.1. The molecule has 0 bridgehead atoms. The van der Waals surface area contributed by atoms with E-state index in [0.29, 0.717) is 18.1 Å². The van der Waals surface area contributed by atoms with Crippen molar-refractivity contribution < 1.29 is 9.53 Å². The van der Waals surface area contributed by atoms with Crippen LogP contribution in [0, 0.1) is 0 Å². The smallest absolute Gasteiger partial charge is 0.272 e. The molecule has 1 aliphatic rings. The van der Waals surface area contributed by atoms with Crippen molar-refractivity contribution in [1.29, 1.82) is 0 Å². The number of amides is 1. The van der Waals surface area contributed by atoms with Crippen LogP contribution in [-0.2, 0) is 4.74 Å². The summed E-state index contributed by atoms with van der Waals surface area (Å²) < 4.78 is 5.62. The average Bonchev–Trinajstić information content (AvgIpc) is 2.39. The monoisotopic (exact) mass is 249 g/mol. The Morgan fingerprint density at radius 3 is 3.06 bits per heavy atom. The Hall–Kier alpha value is -1.62. The van der Waals surface area contributed by atoms with Gasteiger partial charge in [0.05, 0.1) is 6.10 Å². The van der Waals surface area contributed by atoms with Crippen molar-refractivity contribution in [2.75, 3.05) is 25.9 Å². The number of nitrogen functional groups attached to an aromatic ring is 1. The largest absolute Gasteiger partial charge is 0.384 e. The summed E-state index contributed by atoms with van der Waals surface area (Å²) in [5.74, 6) is 0.250. The number of anilines is 1. The lowest BCUT2D eigenvalue weighted by atomic mass is 10.1. The highest BCUT2D eigenvalue weighted by Gasteiger charge is 2.20. The van der Waals surface area contributed by atoms with Crippen LogP contribution in [0.25, 0.3) is 0 Å². The van der Waals surface area contributed by atoms with Crippen molar-refractivity contribution in [3.05, 3.63) is 23.9 Å². The standard InChI is InChI=1S/C13H19N3O2/c1-16(9-10-5-2-3-8-18-10)13(17)11-6-4-7-12(14)15-11/h4,6-7,10H,2-3,5,8-9H2,1H3,(H2,14,15). The lowest BCUT2D eigenvalue weighted by Crippen LogP contribution is -2.37. The van der Waals surface area contributed by atoms with Gasteiger partial charge in [-0.1, -0.05) is 6.07 Å². The summed E-state index contributed by atoms with van der Waals surface area (Å²) in [4.78, 5) is 17.8. The predicted octanol–water partition coefficient (Wildman–Crippen LogP) is 1.30. The topological polar surface area (TPSA) is 68.5 Å². The minimum absolute atomic E-state index is 0.114. The normalized spacial score (nSPS) is 19.5. The van der Waals surface area contributed by atoms with Gasteiger partial charge >= 0.3 is 0 Å². The SMILES string of the molecule is CN(CC1CCCCO1)C(=O)c1cccc(N)n1. The minimum atomic E-state index is -0.114. The Bertz CT molecular complexity index is 416. The van der Waals surface area contributed by atoms with Crippen LogP contribution >= 0.6 is 0 Å². The highest BCUT2D eigenvalue weighted by Crippen LogP contribution is 2.14. The number of rotatable bonds is 3. The highest BCUT2D eigenvalue weighted by molar-refractivity contribution is 5.92. The molecule has 2 heterocycles. The molecule has 1 aromatic heterocycles. The van der Waals surface area contributed by atoms with E-state index in [1.807, 2.05) is 0 Å². The van der Waals surface area contributed by atoms with Crippen LogP contribution in [0.4, 0.5) is 5.82 Å². The van der Waals surface area contributed by atoms with Gasteiger partial charge in [0.15, 0.2) is 0 Å². The summed E-state index contributed by atoms with van der Waals surface area (Å²) in [6.07, 6.45) is 3.45. The van der Waals surface area contributed by atoms with Crippen molar-refractivity contribution >= 4 is 11.7 Å². The van der Waals surface area contributed by atoms with E-state index < -0.39 is 0 Å². The van der Waals surface area contributed by atoms with Crippen LogP contribution < -0.4 is 5.73 Å². The molecule has 1 unspecified atom stereocenters. The first kappa shape index (κ1) is 12.8. The third kappa shape index (κ3) is 3.20. The number of likely N-dealkylation sites (N-methyl/N-ethyl adjacent to an activating group) is 1. The summed E-state index contributed by atoms with van der Waals surface area (Å²) in [6.45, 7) is 1.40. The van der Waals surface area contributed by atoms with Crippen LogP contribution in [0.2, 0.25) is 0 Å². The molecule has 0 radical (unpaired) electrons. The Balaban J connectivity index is 1.95.